The second-order valence-electron chi connectivity index (χ2n) is 10.4. The van der Waals surface area contributed by atoms with Crippen molar-refractivity contribution in [3.05, 3.63) is 65.7 Å². The highest BCUT2D eigenvalue weighted by Crippen LogP contribution is 2.32. The lowest BCUT2D eigenvalue weighted by Crippen LogP contribution is -2.50. The Morgan fingerprint density at radius 3 is 2.39 bits per heavy atom. The maximum absolute atomic E-state index is 13.6. The summed E-state index contributed by atoms with van der Waals surface area (Å²) in [7, 11) is -3.98. The predicted octanol–water partition coefficient (Wildman–Crippen LogP) is 3.58. The maximum atomic E-state index is 13.6. The molecule has 0 radical (unpaired) electrons. The van der Waals surface area contributed by atoms with Gasteiger partial charge in [-0.3, -0.25) is 9.79 Å². The van der Waals surface area contributed by atoms with Crippen molar-refractivity contribution >= 4 is 33.5 Å². The molecule has 1 heterocycles. The number of benzene rings is 2. The summed E-state index contributed by atoms with van der Waals surface area (Å²) in [6, 6.07) is 16.0. The van der Waals surface area contributed by atoms with Gasteiger partial charge in [-0.25, -0.2) is 8.42 Å². The van der Waals surface area contributed by atoms with E-state index in [1.807, 2.05) is 36.4 Å². The first-order valence-electron chi connectivity index (χ1n) is 13.1. The zero-order chi connectivity index (χ0) is 27.8. The number of sulfonamides is 1. The SMILES string of the molecule is CC(C)(c1ccccc1)c1cccc(S(=O)(=O)N[C@@H](CCCN=C(N)N)C(=O)N2CCC(CCCl)CC2)c1. The molecule has 2 aromatic rings. The van der Waals surface area contributed by atoms with Gasteiger partial charge in [0.15, 0.2) is 5.96 Å². The van der Waals surface area contributed by atoms with Crippen LogP contribution in [-0.2, 0) is 20.2 Å². The van der Waals surface area contributed by atoms with Crippen molar-refractivity contribution in [2.45, 2.75) is 62.3 Å². The number of hydrogen-bond donors (Lipinski definition) is 3. The fraction of sp³-hybridized carbons (Fsp3) is 0.500. The molecule has 1 aliphatic heterocycles. The number of nitrogens with one attached hydrogen (secondary N) is 1. The first-order valence-corrected chi connectivity index (χ1v) is 15.1. The zero-order valence-electron chi connectivity index (χ0n) is 22.3. The van der Waals surface area contributed by atoms with Crippen molar-refractivity contribution in [3.63, 3.8) is 0 Å². The first kappa shape index (κ1) is 29.9. The molecule has 38 heavy (non-hydrogen) atoms. The van der Waals surface area contributed by atoms with Crippen LogP contribution < -0.4 is 16.2 Å². The van der Waals surface area contributed by atoms with Crippen LogP contribution in [0, 0.1) is 5.92 Å². The second-order valence-corrected chi connectivity index (χ2v) is 12.5. The highest BCUT2D eigenvalue weighted by molar-refractivity contribution is 7.89. The highest BCUT2D eigenvalue weighted by Gasteiger charge is 2.32. The van der Waals surface area contributed by atoms with Gasteiger partial charge in [-0.1, -0.05) is 56.3 Å². The third-order valence-corrected chi connectivity index (χ3v) is 9.03. The number of hydrogen-bond acceptors (Lipinski definition) is 4. The number of nitrogens with two attached hydrogens (primary N) is 2. The first-order chi connectivity index (χ1) is 18.0. The number of carbonyl (C=O) groups is 1. The van der Waals surface area contributed by atoms with Gasteiger partial charge in [0.2, 0.25) is 15.9 Å². The van der Waals surface area contributed by atoms with Gasteiger partial charge in [0.05, 0.1) is 4.90 Å². The summed E-state index contributed by atoms with van der Waals surface area (Å²) in [5, 5.41) is 0. The molecule has 1 aliphatic rings. The lowest BCUT2D eigenvalue weighted by molar-refractivity contribution is -0.134. The summed E-state index contributed by atoms with van der Waals surface area (Å²) in [6.45, 7) is 5.61. The summed E-state index contributed by atoms with van der Waals surface area (Å²) < 4.78 is 29.8. The average Bonchev–Trinajstić information content (AvgIpc) is 2.91. The van der Waals surface area contributed by atoms with Crippen LogP contribution in [0.25, 0.3) is 0 Å². The minimum atomic E-state index is -3.98. The molecule has 1 atom stereocenters. The molecular formula is C28H40ClN5O3S. The Bertz CT molecular complexity index is 1190. The molecule has 0 spiro atoms. The van der Waals surface area contributed by atoms with E-state index in [0.29, 0.717) is 37.9 Å². The van der Waals surface area contributed by atoms with Gasteiger partial charge in [0.1, 0.15) is 6.04 Å². The van der Waals surface area contributed by atoms with Crippen LogP contribution in [0.15, 0.2) is 64.5 Å². The smallest absolute Gasteiger partial charge is 0.241 e. The van der Waals surface area contributed by atoms with Gasteiger partial charge in [-0.15, -0.1) is 11.6 Å². The normalized spacial score (nSPS) is 15.7. The molecule has 1 fully saturated rings. The Labute approximate surface area is 231 Å². The molecule has 5 N–H and O–H groups in total. The quantitative estimate of drug-likeness (QED) is 0.158. The molecule has 10 heteroatoms. The molecule has 1 amide bonds. The molecule has 0 saturated carbocycles. The molecule has 0 unspecified atom stereocenters. The molecule has 8 nitrogen and oxygen atoms in total. The molecule has 0 aromatic heterocycles. The third kappa shape index (κ3) is 7.94. The van der Waals surface area contributed by atoms with Gasteiger partial charge < -0.3 is 16.4 Å². The number of aliphatic imine (C=N–C) groups is 1. The highest BCUT2D eigenvalue weighted by atomic mass is 35.5. The summed E-state index contributed by atoms with van der Waals surface area (Å²) in [5.74, 6) is 0.840. The summed E-state index contributed by atoms with van der Waals surface area (Å²) in [4.78, 5) is 19.4. The number of halogens is 1. The second kappa shape index (κ2) is 13.4. The van der Waals surface area contributed by atoms with E-state index < -0.39 is 21.5 Å². The number of nitrogens with zero attached hydrogens (tertiary/aromatic N) is 2. The monoisotopic (exact) mass is 561 g/mol. The van der Waals surface area contributed by atoms with E-state index >= 15 is 0 Å². The number of alkyl halides is 1. The van der Waals surface area contributed by atoms with Crippen LogP contribution in [0.5, 0.6) is 0 Å². The van der Waals surface area contributed by atoms with E-state index in [-0.39, 0.29) is 23.2 Å². The Morgan fingerprint density at radius 2 is 1.76 bits per heavy atom. The van der Waals surface area contributed by atoms with Crippen molar-refractivity contribution in [3.8, 4) is 0 Å². The van der Waals surface area contributed by atoms with Gasteiger partial charge in [0.25, 0.3) is 0 Å². The molecule has 0 aliphatic carbocycles. The zero-order valence-corrected chi connectivity index (χ0v) is 23.8. The van der Waals surface area contributed by atoms with E-state index in [1.165, 1.54) is 0 Å². The van der Waals surface area contributed by atoms with Crippen molar-refractivity contribution in [2.75, 3.05) is 25.5 Å². The van der Waals surface area contributed by atoms with Gasteiger partial charge >= 0.3 is 0 Å². The lowest BCUT2D eigenvalue weighted by Gasteiger charge is -2.34. The van der Waals surface area contributed by atoms with Crippen LogP contribution in [0.1, 0.15) is 57.1 Å². The van der Waals surface area contributed by atoms with Gasteiger partial charge in [-0.05, 0) is 61.3 Å². The fourth-order valence-electron chi connectivity index (χ4n) is 4.88. The molecule has 2 aromatic carbocycles. The van der Waals surface area contributed by atoms with E-state index in [9.17, 15) is 13.2 Å². The number of carbonyl (C=O) groups excluding carboxylic acids is 1. The number of rotatable bonds is 12. The van der Waals surface area contributed by atoms with Gasteiger partial charge in [0, 0.05) is 30.9 Å². The van der Waals surface area contributed by atoms with Gasteiger partial charge in [-0.2, -0.15) is 4.72 Å². The van der Waals surface area contributed by atoms with Crippen LogP contribution >= 0.6 is 11.6 Å². The predicted molar refractivity (Wildman–Crippen MR) is 154 cm³/mol. The fourth-order valence-corrected chi connectivity index (χ4v) is 6.46. The van der Waals surface area contributed by atoms with E-state index in [4.69, 9.17) is 23.1 Å². The molecule has 208 valence electrons. The largest absolute Gasteiger partial charge is 0.370 e. The van der Waals surface area contributed by atoms with Crippen LogP contribution in [0.4, 0.5) is 0 Å². The summed E-state index contributed by atoms with van der Waals surface area (Å²) in [6.07, 6.45) is 3.39. The molecular weight excluding hydrogens is 522 g/mol. The van der Waals surface area contributed by atoms with Crippen molar-refractivity contribution in [1.29, 1.82) is 0 Å². The number of likely N-dealkylation sites (tertiary alicyclic amines) is 1. The maximum Gasteiger partial charge on any atom is 0.241 e. The molecule has 3 rings (SSSR count). The van der Waals surface area contributed by atoms with E-state index in [1.54, 1.807) is 23.1 Å². The average molecular weight is 562 g/mol. The minimum Gasteiger partial charge on any atom is -0.370 e. The van der Waals surface area contributed by atoms with Crippen LogP contribution in [0.3, 0.4) is 0 Å². The van der Waals surface area contributed by atoms with Crippen LogP contribution in [-0.4, -0.2) is 56.7 Å². The topological polar surface area (TPSA) is 131 Å². The van der Waals surface area contributed by atoms with Crippen LogP contribution in [0.2, 0.25) is 0 Å². The van der Waals surface area contributed by atoms with E-state index in [0.717, 1.165) is 30.4 Å². The summed E-state index contributed by atoms with van der Waals surface area (Å²) in [5.41, 5.74) is 12.4. The molecule has 1 saturated heterocycles. The summed E-state index contributed by atoms with van der Waals surface area (Å²) >= 11 is 5.90. The standard InChI is InChI=1S/C28H40ClN5O3S/c1-28(2,22-8-4-3-5-9-22)23-10-6-11-24(20-23)38(36,37)33-25(12-7-17-32-27(30)31)26(35)34-18-14-21(13-16-29)15-19-34/h3-6,8-11,20-21,25,33H,7,12-19H2,1-2H3,(H4,30,31,32)/t25-/m0/s1. The molecule has 0 bridgehead atoms. The minimum absolute atomic E-state index is 0.0346. The van der Waals surface area contributed by atoms with Crippen molar-refractivity contribution in [2.24, 2.45) is 22.4 Å². The van der Waals surface area contributed by atoms with Crippen molar-refractivity contribution in [1.82, 2.24) is 9.62 Å². The number of amides is 1. The Morgan fingerprint density at radius 1 is 1.11 bits per heavy atom. The van der Waals surface area contributed by atoms with E-state index in [2.05, 4.69) is 23.6 Å². The lowest BCUT2D eigenvalue weighted by atomic mass is 9.78. The van der Waals surface area contributed by atoms with Crippen molar-refractivity contribution < 1.29 is 13.2 Å². The number of guanidine groups is 1. The number of piperidine rings is 1. The Balaban J connectivity index is 1.81. The third-order valence-electron chi connectivity index (χ3n) is 7.35. The Hall–Kier alpha value is -2.62. The Kier molecular flexibility index (Phi) is 10.6.